The minimum atomic E-state index is 0.0552. The summed E-state index contributed by atoms with van der Waals surface area (Å²) in [6, 6.07) is 0. The van der Waals surface area contributed by atoms with Gasteiger partial charge >= 0.3 is 0 Å². The SMILES string of the molecule is CCCNC(CC)(CC(C)CC)c1nc(C(C)(C)C)cs1. The van der Waals surface area contributed by atoms with Gasteiger partial charge in [0, 0.05) is 10.8 Å². The van der Waals surface area contributed by atoms with Crippen LogP contribution in [0.4, 0.5) is 0 Å². The molecule has 0 spiro atoms. The number of nitrogens with zero attached hydrogens (tertiary/aromatic N) is 1. The predicted octanol–water partition coefficient (Wildman–Crippen LogP) is 5.48. The molecule has 1 heterocycles. The quantitative estimate of drug-likeness (QED) is 0.687. The number of hydrogen-bond acceptors (Lipinski definition) is 3. The van der Waals surface area contributed by atoms with Gasteiger partial charge in [0.15, 0.2) is 0 Å². The third-order valence-electron chi connectivity index (χ3n) is 4.39. The van der Waals surface area contributed by atoms with E-state index in [1.54, 1.807) is 0 Å². The zero-order valence-electron chi connectivity index (χ0n) is 15.0. The molecule has 21 heavy (non-hydrogen) atoms. The first-order valence-corrected chi connectivity index (χ1v) is 9.38. The van der Waals surface area contributed by atoms with E-state index in [1.807, 2.05) is 11.3 Å². The van der Waals surface area contributed by atoms with Gasteiger partial charge in [0.25, 0.3) is 0 Å². The fraction of sp³-hybridized carbons (Fsp3) is 0.833. The molecule has 0 aliphatic rings. The van der Waals surface area contributed by atoms with E-state index in [9.17, 15) is 0 Å². The lowest BCUT2D eigenvalue weighted by Gasteiger charge is -2.34. The molecule has 0 saturated heterocycles. The zero-order valence-corrected chi connectivity index (χ0v) is 15.9. The molecule has 0 radical (unpaired) electrons. The third kappa shape index (κ3) is 4.79. The Labute approximate surface area is 135 Å². The van der Waals surface area contributed by atoms with Gasteiger partial charge in [-0.1, -0.05) is 54.9 Å². The lowest BCUT2D eigenvalue weighted by molar-refractivity contribution is 0.249. The van der Waals surface area contributed by atoms with E-state index in [-0.39, 0.29) is 11.0 Å². The Morgan fingerprint density at radius 1 is 1.24 bits per heavy atom. The van der Waals surface area contributed by atoms with Crippen molar-refractivity contribution in [2.45, 2.75) is 85.1 Å². The van der Waals surface area contributed by atoms with Crippen molar-refractivity contribution in [3.8, 4) is 0 Å². The molecule has 0 bridgehead atoms. The number of nitrogens with one attached hydrogen (secondary N) is 1. The van der Waals surface area contributed by atoms with Crippen LogP contribution in [0.25, 0.3) is 0 Å². The summed E-state index contributed by atoms with van der Waals surface area (Å²) in [6.07, 6.45) is 4.68. The van der Waals surface area contributed by atoms with Crippen LogP contribution in [0.1, 0.15) is 84.9 Å². The summed E-state index contributed by atoms with van der Waals surface area (Å²) in [5.41, 5.74) is 1.41. The molecule has 0 amide bonds. The van der Waals surface area contributed by atoms with Crippen LogP contribution in [0.5, 0.6) is 0 Å². The van der Waals surface area contributed by atoms with Crippen LogP contribution in [0.3, 0.4) is 0 Å². The highest BCUT2D eigenvalue weighted by atomic mass is 32.1. The van der Waals surface area contributed by atoms with Crippen LogP contribution in [0.2, 0.25) is 0 Å². The van der Waals surface area contributed by atoms with Gasteiger partial charge in [-0.05, 0) is 31.7 Å². The van der Waals surface area contributed by atoms with Crippen molar-refractivity contribution in [1.29, 1.82) is 0 Å². The summed E-state index contributed by atoms with van der Waals surface area (Å²) in [5.74, 6) is 0.719. The fourth-order valence-corrected chi connectivity index (χ4v) is 3.90. The summed E-state index contributed by atoms with van der Waals surface area (Å²) in [5, 5.41) is 7.36. The van der Waals surface area contributed by atoms with E-state index in [0.29, 0.717) is 0 Å². The van der Waals surface area contributed by atoms with Crippen molar-refractivity contribution in [3.63, 3.8) is 0 Å². The van der Waals surface area contributed by atoms with Crippen LogP contribution in [0.15, 0.2) is 5.38 Å². The fourth-order valence-electron chi connectivity index (χ4n) is 2.60. The van der Waals surface area contributed by atoms with E-state index in [0.717, 1.165) is 18.9 Å². The largest absolute Gasteiger partial charge is 0.305 e. The van der Waals surface area contributed by atoms with E-state index < -0.39 is 0 Å². The Morgan fingerprint density at radius 2 is 1.90 bits per heavy atom. The predicted molar refractivity (Wildman–Crippen MR) is 95.1 cm³/mol. The second-order valence-corrected chi connectivity index (χ2v) is 8.23. The van der Waals surface area contributed by atoms with Gasteiger partial charge in [-0.2, -0.15) is 0 Å². The second kappa shape index (κ2) is 7.73. The van der Waals surface area contributed by atoms with Crippen molar-refractivity contribution >= 4 is 11.3 Å². The number of hydrogen-bond donors (Lipinski definition) is 1. The van der Waals surface area contributed by atoms with Crippen LogP contribution in [-0.4, -0.2) is 11.5 Å². The van der Waals surface area contributed by atoms with E-state index in [1.165, 1.54) is 30.0 Å². The highest BCUT2D eigenvalue weighted by Crippen LogP contribution is 2.37. The lowest BCUT2D eigenvalue weighted by atomic mass is 9.84. The van der Waals surface area contributed by atoms with E-state index >= 15 is 0 Å². The van der Waals surface area contributed by atoms with Crippen molar-refractivity contribution in [2.75, 3.05) is 6.54 Å². The monoisotopic (exact) mass is 310 g/mol. The maximum absolute atomic E-state index is 5.02. The third-order valence-corrected chi connectivity index (χ3v) is 5.44. The Hall–Kier alpha value is -0.410. The topological polar surface area (TPSA) is 24.9 Å². The number of aromatic nitrogens is 1. The molecular formula is C18H34N2S. The molecule has 2 nitrogen and oxygen atoms in total. The van der Waals surface area contributed by atoms with Crippen molar-refractivity contribution in [1.82, 2.24) is 10.3 Å². The van der Waals surface area contributed by atoms with Gasteiger partial charge in [0.1, 0.15) is 5.01 Å². The minimum Gasteiger partial charge on any atom is -0.305 e. The van der Waals surface area contributed by atoms with Crippen LogP contribution in [-0.2, 0) is 11.0 Å². The Balaban J connectivity index is 3.12. The molecule has 3 heteroatoms. The molecule has 0 aromatic carbocycles. The Morgan fingerprint density at radius 3 is 2.33 bits per heavy atom. The number of thiazole rings is 1. The molecule has 1 N–H and O–H groups in total. The summed E-state index contributed by atoms with van der Waals surface area (Å²) in [4.78, 5) is 5.02. The van der Waals surface area contributed by atoms with E-state index in [4.69, 9.17) is 4.98 Å². The molecule has 0 aliphatic heterocycles. The highest BCUT2D eigenvalue weighted by molar-refractivity contribution is 7.09. The van der Waals surface area contributed by atoms with Gasteiger partial charge < -0.3 is 5.32 Å². The standard InChI is InChI=1S/C18H34N2S/c1-8-11-19-18(10-3,12-14(4)9-2)16-20-15(13-21-16)17(5,6)7/h13-14,19H,8-12H2,1-7H3. The van der Waals surface area contributed by atoms with Crippen molar-refractivity contribution < 1.29 is 0 Å². The first kappa shape index (κ1) is 18.6. The van der Waals surface area contributed by atoms with Gasteiger partial charge in [-0.15, -0.1) is 11.3 Å². The van der Waals surface area contributed by atoms with Crippen LogP contribution >= 0.6 is 11.3 Å². The second-order valence-electron chi connectivity index (χ2n) is 7.37. The highest BCUT2D eigenvalue weighted by Gasteiger charge is 2.35. The Kier molecular flexibility index (Phi) is 6.86. The smallest absolute Gasteiger partial charge is 0.113 e. The maximum atomic E-state index is 5.02. The molecule has 1 aromatic heterocycles. The molecule has 0 saturated carbocycles. The van der Waals surface area contributed by atoms with Crippen LogP contribution < -0.4 is 5.32 Å². The van der Waals surface area contributed by atoms with Gasteiger partial charge in [-0.3, -0.25) is 0 Å². The summed E-state index contributed by atoms with van der Waals surface area (Å²) in [7, 11) is 0. The zero-order chi connectivity index (χ0) is 16.1. The summed E-state index contributed by atoms with van der Waals surface area (Å²) in [6.45, 7) is 17.0. The Bertz CT molecular complexity index is 419. The summed E-state index contributed by atoms with van der Waals surface area (Å²) < 4.78 is 0. The van der Waals surface area contributed by atoms with Gasteiger partial charge in [0.05, 0.1) is 11.2 Å². The molecule has 2 unspecified atom stereocenters. The average molecular weight is 311 g/mol. The molecule has 0 aliphatic carbocycles. The molecular weight excluding hydrogens is 276 g/mol. The van der Waals surface area contributed by atoms with Crippen molar-refractivity contribution in [2.24, 2.45) is 5.92 Å². The lowest BCUT2D eigenvalue weighted by Crippen LogP contribution is -2.43. The molecule has 1 rings (SSSR count). The van der Waals surface area contributed by atoms with Gasteiger partial charge in [0.2, 0.25) is 0 Å². The van der Waals surface area contributed by atoms with Gasteiger partial charge in [-0.25, -0.2) is 4.98 Å². The summed E-state index contributed by atoms with van der Waals surface area (Å²) >= 11 is 1.84. The molecule has 2 atom stereocenters. The first-order chi connectivity index (χ1) is 9.79. The normalized spacial score (nSPS) is 16.7. The first-order valence-electron chi connectivity index (χ1n) is 8.50. The molecule has 122 valence electrons. The maximum Gasteiger partial charge on any atom is 0.113 e. The molecule has 1 aromatic rings. The minimum absolute atomic E-state index is 0.0552. The average Bonchev–Trinajstić information content (AvgIpc) is 2.93. The van der Waals surface area contributed by atoms with Crippen molar-refractivity contribution in [3.05, 3.63) is 16.1 Å². The van der Waals surface area contributed by atoms with E-state index in [2.05, 4.69) is 59.2 Å². The molecule has 0 fully saturated rings. The number of rotatable bonds is 8. The van der Waals surface area contributed by atoms with Crippen LogP contribution in [0, 0.1) is 5.92 Å².